The number of hydrogen-bond donors (Lipinski definition) is 1. The third-order valence-corrected chi connectivity index (χ3v) is 4.25. The molecule has 0 amide bonds. The minimum Gasteiger partial charge on any atom is -0.481 e. The molecule has 0 aromatic rings. The zero-order valence-corrected chi connectivity index (χ0v) is 11.5. The Labute approximate surface area is 105 Å². The second kappa shape index (κ2) is 6.36. The Morgan fingerprint density at radius 1 is 1.12 bits per heavy atom. The summed E-state index contributed by atoms with van der Waals surface area (Å²) < 4.78 is 0. The maximum Gasteiger partial charge on any atom is 0.307 e. The minimum absolute atomic E-state index is 0.131. The molecule has 0 aliphatic carbocycles. The van der Waals surface area contributed by atoms with E-state index >= 15 is 0 Å². The fourth-order valence-electron chi connectivity index (χ4n) is 2.37. The summed E-state index contributed by atoms with van der Waals surface area (Å²) in [6.07, 6.45) is 1.18. The van der Waals surface area contributed by atoms with Crippen LogP contribution in [0.5, 0.6) is 0 Å². The largest absolute Gasteiger partial charge is 0.481 e. The second-order valence-electron chi connectivity index (χ2n) is 5.20. The summed E-state index contributed by atoms with van der Waals surface area (Å²) in [7, 11) is 0. The first kappa shape index (κ1) is 14.5. The zero-order chi connectivity index (χ0) is 13.0. The monoisotopic (exact) mass is 242 g/mol. The lowest BCUT2D eigenvalue weighted by Gasteiger charge is -2.41. The summed E-state index contributed by atoms with van der Waals surface area (Å²) in [6.45, 7) is 12.4. The summed E-state index contributed by atoms with van der Waals surface area (Å²) in [4.78, 5) is 15.8. The molecular formula is C13H26N2O2. The van der Waals surface area contributed by atoms with Crippen LogP contribution in [-0.2, 0) is 4.79 Å². The highest BCUT2D eigenvalue weighted by Crippen LogP contribution is 2.15. The van der Waals surface area contributed by atoms with E-state index < -0.39 is 5.97 Å². The van der Waals surface area contributed by atoms with Crippen LogP contribution in [0.4, 0.5) is 0 Å². The van der Waals surface area contributed by atoms with E-state index in [0.29, 0.717) is 6.04 Å². The quantitative estimate of drug-likeness (QED) is 0.793. The highest BCUT2D eigenvalue weighted by atomic mass is 16.4. The van der Waals surface area contributed by atoms with E-state index in [4.69, 9.17) is 5.11 Å². The molecule has 4 heteroatoms. The Balaban J connectivity index is 2.43. The van der Waals surface area contributed by atoms with E-state index in [1.54, 1.807) is 6.92 Å². The van der Waals surface area contributed by atoms with Crippen molar-refractivity contribution in [3.63, 3.8) is 0 Å². The third kappa shape index (κ3) is 3.68. The SMILES string of the molecule is CCC(C)N1CCN(C(C)C(C)C(=O)O)CC1. The van der Waals surface area contributed by atoms with Crippen molar-refractivity contribution in [3.8, 4) is 0 Å². The molecule has 1 aliphatic heterocycles. The van der Waals surface area contributed by atoms with Crippen molar-refractivity contribution in [2.45, 2.75) is 46.2 Å². The Kier molecular flexibility index (Phi) is 5.40. The van der Waals surface area contributed by atoms with Gasteiger partial charge in [0.05, 0.1) is 5.92 Å². The van der Waals surface area contributed by atoms with Crippen molar-refractivity contribution in [2.24, 2.45) is 5.92 Å². The van der Waals surface area contributed by atoms with Gasteiger partial charge in [-0.3, -0.25) is 14.6 Å². The summed E-state index contributed by atoms with van der Waals surface area (Å²) in [6, 6.07) is 0.774. The van der Waals surface area contributed by atoms with Gasteiger partial charge in [0.25, 0.3) is 0 Å². The predicted octanol–water partition coefficient (Wildman–Crippen LogP) is 1.51. The van der Waals surface area contributed by atoms with E-state index in [9.17, 15) is 4.79 Å². The fourth-order valence-corrected chi connectivity index (χ4v) is 2.37. The molecule has 1 rings (SSSR count). The molecule has 3 atom stereocenters. The van der Waals surface area contributed by atoms with Gasteiger partial charge in [-0.1, -0.05) is 13.8 Å². The van der Waals surface area contributed by atoms with Gasteiger partial charge in [0, 0.05) is 38.3 Å². The Morgan fingerprint density at radius 2 is 1.59 bits per heavy atom. The van der Waals surface area contributed by atoms with Gasteiger partial charge in [0.2, 0.25) is 0 Å². The van der Waals surface area contributed by atoms with Gasteiger partial charge in [0.15, 0.2) is 0 Å². The molecule has 3 unspecified atom stereocenters. The number of rotatable bonds is 5. The lowest BCUT2D eigenvalue weighted by molar-refractivity contribution is -0.143. The smallest absolute Gasteiger partial charge is 0.307 e. The predicted molar refractivity (Wildman–Crippen MR) is 69.2 cm³/mol. The van der Waals surface area contributed by atoms with E-state index in [0.717, 1.165) is 26.2 Å². The number of nitrogens with zero attached hydrogens (tertiary/aromatic N) is 2. The van der Waals surface area contributed by atoms with Gasteiger partial charge < -0.3 is 5.11 Å². The van der Waals surface area contributed by atoms with E-state index in [1.165, 1.54) is 6.42 Å². The summed E-state index contributed by atoms with van der Waals surface area (Å²) in [5.41, 5.74) is 0. The van der Waals surface area contributed by atoms with Crippen LogP contribution in [0.1, 0.15) is 34.1 Å². The average Bonchev–Trinajstić information content (AvgIpc) is 2.36. The minimum atomic E-state index is -0.693. The van der Waals surface area contributed by atoms with Crippen LogP contribution in [0.25, 0.3) is 0 Å². The lowest BCUT2D eigenvalue weighted by atomic mass is 10.0. The van der Waals surface area contributed by atoms with Crippen LogP contribution in [0.2, 0.25) is 0 Å². The Hall–Kier alpha value is -0.610. The summed E-state index contributed by atoms with van der Waals surface area (Å²) in [5, 5.41) is 9.02. The van der Waals surface area contributed by atoms with E-state index in [-0.39, 0.29) is 12.0 Å². The molecule has 0 aromatic heterocycles. The molecule has 17 heavy (non-hydrogen) atoms. The van der Waals surface area contributed by atoms with Crippen molar-refractivity contribution in [1.82, 2.24) is 9.80 Å². The first-order valence-corrected chi connectivity index (χ1v) is 6.68. The van der Waals surface area contributed by atoms with Crippen LogP contribution >= 0.6 is 0 Å². The van der Waals surface area contributed by atoms with Crippen LogP contribution in [0.3, 0.4) is 0 Å². The van der Waals surface area contributed by atoms with Crippen molar-refractivity contribution in [3.05, 3.63) is 0 Å². The molecule has 1 aliphatic rings. The molecular weight excluding hydrogens is 216 g/mol. The van der Waals surface area contributed by atoms with Crippen molar-refractivity contribution in [2.75, 3.05) is 26.2 Å². The molecule has 0 aromatic carbocycles. The van der Waals surface area contributed by atoms with Gasteiger partial charge in [0.1, 0.15) is 0 Å². The topological polar surface area (TPSA) is 43.8 Å². The average molecular weight is 242 g/mol. The second-order valence-corrected chi connectivity index (χ2v) is 5.20. The molecule has 0 saturated carbocycles. The van der Waals surface area contributed by atoms with E-state index in [2.05, 4.69) is 23.6 Å². The normalized spacial score (nSPS) is 24.2. The first-order chi connectivity index (χ1) is 7.97. The van der Waals surface area contributed by atoms with Crippen LogP contribution in [-0.4, -0.2) is 59.1 Å². The van der Waals surface area contributed by atoms with Gasteiger partial charge in [-0.15, -0.1) is 0 Å². The molecule has 1 saturated heterocycles. The molecule has 0 bridgehead atoms. The van der Waals surface area contributed by atoms with Crippen LogP contribution in [0, 0.1) is 5.92 Å². The van der Waals surface area contributed by atoms with E-state index in [1.807, 2.05) is 6.92 Å². The Morgan fingerprint density at radius 3 is 2.00 bits per heavy atom. The van der Waals surface area contributed by atoms with Gasteiger partial charge in [-0.2, -0.15) is 0 Å². The lowest BCUT2D eigenvalue weighted by Crippen LogP contribution is -2.53. The molecule has 1 heterocycles. The number of aliphatic carboxylic acids is 1. The fraction of sp³-hybridized carbons (Fsp3) is 0.923. The van der Waals surface area contributed by atoms with Crippen LogP contribution < -0.4 is 0 Å². The molecule has 100 valence electrons. The van der Waals surface area contributed by atoms with Gasteiger partial charge in [-0.25, -0.2) is 0 Å². The molecule has 1 N–H and O–H groups in total. The number of piperazine rings is 1. The molecule has 4 nitrogen and oxygen atoms in total. The van der Waals surface area contributed by atoms with Gasteiger partial charge in [-0.05, 0) is 20.3 Å². The first-order valence-electron chi connectivity index (χ1n) is 6.68. The number of carboxylic acid groups (broad SMARTS) is 1. The van der Waals surface area contributed by atoms with Crippen molar-refractivity contribution >= 4 is 5.97 Å². The zero-order valence-electron chi connectivity index (χ0n) is 11.5. The highest BCUT2D eigenvalue weighted by Gasteiger charge is 2.28. The maximum absolute atomic E-state index is 11.0. The summed E-state index contributed by atoms with van der Waals surface area (Å²) >= 11 is 0. The van der Waals surface area contributed by atoms with Gasteiger partial charge >= 0.3 is 5.97 Å². The maximum atomic E-state index is 11.0. The van der Waals surface area contributed by atoms with Crippen molar-refractivity contribution < 1.29 is 9.90 Å². The number of hydrogen-bond acceptors (Lipinski definition) is 3. The standard InChI is InChI=1S/C13H26N2O2/c1-5-10(2)14-6-8-15(9-7-14)12(4)11(3)13(16)17/h10-12H,5-9H2,1-4H3,(H,16,17). The number of carbonyl (C=O) groups is 1. The third-order valence-electron chi connectivity index (χ3n) is 4.25. The molecule has 0 spiro atoms. The van der Waals surface area contributed by atoms with Crippen molar-refractivity contribution in [1.29, 1.82) is 0 Å². The Bertz CT molecular complexity index is 250. The molecule has 0 radical (unpaired) electrons. The number of carboxylic acids is 1. The van der Waals surface area contributed by atoms with Crippen LogP contribution in [0.15, 0.2) is 0 Å². The summed E-state index contributed by atoms with van der Waals surface area (Å²) in [5.74, 6) is -0.980. The molecule has 1 fully saturated rings. The highest BCUT2D eigenvalue weighted by molar-refractivity contribution is 5.70.